The standard InChI is InChI=1S/C23H25ClN4O.ClH/c1-16-2-4-17(5-3-16)14-26-23(29)21-15-27-28(20-8-6-19(24)7-9-20)22(21)18-10-12-25-13-11-18;/h2-9,15,18,25H,10-14H2,1H3,(H,26,29);1H. The summed E-state index contributed by atoms with van der Waals surface area (Å²) in [5.74, 6) is 0.203. The van der Waals surface area contributed by atoms with Crippen LogP contribution in [-0.2, 0) is 6.54 Å². The normalized spacial score (nSPS) is 14.2. The smallest absolute Gasteiger partial charge is 0.255 e. The maximum atomic E-state index is 13.0. The summed E-state index contributed by atoms with van der Waals surface area (Å²) in [6.07, 6.45) is 3.66. The van der Waals surface area contributed by atoms with Crippen LogP contribution in [0.15, 0.2) is 54.7 Å². The van der Waals surface area contributed by atoms with E-state index in [-0.39, 0.29) is 24.2 Å². The summed E-state index contributed by atoms with van der Waals surface area (Å²) in [6, 6.07) is 15.8. The maximum absolute atomic E-state index is 13.0. The molecule has 1 saturated heterocycles. The molecule has 2 aromatic carbocycles. The highest BCUT2D eigenvalue weighted by Crippen LogP contribution is 2.30. The van der Waals surface area contributed by atoms with Crippen molar-refractivity contribution in [1.29, 1.82) is 0 Å². The summed E-state index contributed by atoms with van der Waals surface area (Å²) >= 11 is 6.05. The molecule has 3 aromatic rings. The zero-order valence-corrected chi connectivity index (χ0v) is 18.5. The summed E-state index contributed by atoms with van der Waals surface area (Å²) in [7, 11) is 0. The van der Waals surface area contributed by atoms with Gasteiger partial charge in [-0.1, -0.05) is 41.4 Å². The first-order chi connectivity index (χ1) is 14.1. The second kappa shape index (κ2) is 10.1. The Balaban J connectivity index is 0.00000256. The van der Waals surface area contributed by atoms with Crippen LogP contribution < -0.4 is 10.6 Å². The van der Waals surface area contributed by atoms with Gasteiger partial charge >= 0.3 is 0 Å². The first kappa shape index (κ1) is 22.3. The Morgan fingerprint density at radius 3 is 2.47 bits per heavy atom. The molecule has 5 nitrogen and oxygen atoms in total. The van der Waals surface area contributed by atoms with Crippen LogP contribution in [0, 0.1) is 6.92 Å². The second-order valence-corrected chi connectivity index (χ2v) is 7.96. The Bertz CT molecular complexity index is 977. The van der Waals surface area contributed by atoms with Gasteiger partial charge in [-0.2, -0.15) is 5.10 Å². The van der Waals surface area contributed by atoms with E-state index in [2.05, 4.69) is 34.8 Å². The maximum Gasteiger partial charge on any atom is 0.255 e. The van der Waals surface area contributed by atoms with E-state index in [9.17, 15) is 4.79 Å². The molecule has 158 valence electrons. The number of piperidine rings is 1. The number of aromatic nitrogens is 2. The Hall–Kier alpha value is -2.34. The van der Waals surface area contributed by atoms with Crippen LogP contribution in [0.4, 0.5) is 0 Å². The van der Waals surface area contributed by atoms with Gasteiger partial charge in [0.2, 0.25) is 0 Å². The monoisotopic (exact) mass is 444 g/mol. The number of benzene rings is 2. The lowest BCUT2D eigenvalue weighted by Gasteiger charge is -2.24. The Labute approximate surface area is 188 Å². The Morgan fingerprint density at radius 2 is 1.80 bits per heavy atom. The molecule has 1 amide bonds. The quantitative estimate of drug-likeness (QED) is 0.601. The minimum absolute atomic E-state index is 0. The Kier molecular flexibility index (Phi) is 7.53. The second-order valence-electron chi connectivity index (χ2n) is 7.52. The molecule has 0 unspecified atom stereocenters. The number of hydrogen-bond acceptors (Lipinski definition) is 3. The van der Waals surface area contributed by atoms with Gasteiger partial charge in [0, 0.05) is 17.5 Å². The zero-order valence-electron chi connectivity index (χ0n) is 16.9. The molecule has 1 aliphatic rings. The van der Waals surface area contributed by atoms with Gasteiger partial charge in [0.25, 0.3) is 5.91 Å². The molecule has 2 heterocycles. The molecule has 0 spiro atoms. The van der Waals surface area contributed by atoms with E-state index in [1.54, 1.807) is 6.20 Å². The molecule has 0 bridgehead atoms. The van der Waals surface area contributed by atoms with Crippen molar-refractivity contribution in [2.75, 3.05) is 13.1 Å². The molecule has 30 heavy (non-hydrogen) atoms. The number of nitrogens with zero attached hydrogens (tertiary/aromatic N) is 2. The first-order valence-electron chi connectivity index (χ1n) is 10.00. The van der Waals surface area contributed by atoms with Crippen LogP contribution in [0.2, 0.25) is 5.02 Å². The minimum Gasteiger partial charge on any atom is -0.348 e. The molecule has 7 heteroatoms. The average Bonchev–Trinajstić information content (AvgIpc) is 3.19. The molecular weight excluding hydrogens is 419 g/mol. The van der Waals surface area contributed by atoms with Gasteiger partial charge in [0.15, 0.2) is 0 Å². The summed E-state index contributed by atoms with van der Waals surface area (Å²) in [5, 5.41) is 11.7. The molecule has 1 aromatic heterocycles. The molecule has 1 fully saturated rings. The predicted octanol–water partition coefficient (Wildman–Crippen LogP) is 4.65. The lowest BCUT2D eigenvalue weighted by atomic mass is 9.91. The van der Waals surface area contributed by atoms with Crippen LogP contribution in [0.1, 0.15) is 45.9 Å². The fourth-order valence-electron chi connectivity index (χ4n) is 3.79. The van der Waals surface area contributed by atoms with E-state index in [0.29, 0.717) is 17.1 Å². The van der Waals surface area contributed by atoms with Gasteiger partial charge in [-0.05, 0) is 62.7 Å². The number of rotatable bonds is 5. The van der Waals surface area contributed by atoms with E-state index in [4.69, 9.17) is 11.6 Å². The number of nitrogens with one attached hydrogen (secondary N) is 2. The van der Waals surface area contributed by atoms with E-state index >= 15 is 0 Å². The number of carbonyl (C=O) groups is 1. The number of halogens is 2. The van der Waals surface area contributed by atoms with Gasteiger partial charge in [0.05, 0.1) is 23.1 Å². The van der Waals surface area contributed by atoms with Crippen LogP contribution in [-0.4, -0.2) is 28.8 Å². The highest BCUT2D eigenvalue weighted by atomic mass is 35.5. The van der Waals surface area contributed by atoms with Crippen molar-refractivity contribution in [3.8, 4) is 5.69 Å². The van der Waals surface area contributed by atoms with E-state index < -0.39 is 0 Å². The van der Waals surface area contributed by atoms with E-state index in [1.165, 1.54) is 5.56 Å². The van der Waals surface area contributed by atoms with Crippen LogP contribution in [0.5, 0.6) is 0 Å². The van der Waals surface area contributed by atoms with Crippen molar-refractivity contribution in [2.45, 2.75) is 32.2 Å². The lowest BCUT2D eigenvalue weighted by molar-refractivity contribution is 0.0949. The minimum atomic E-state index is -0.0840. The topological polar surface area (TPSA) is 59.0 Å². The highest BCUT2D eigenvalue weighted by molar-refractivity contribution is 6.30. The molecule has 0 saturated carbocycles. The van der Waals surface area contributed by atoms with Crippen molar-refractivity contribution in [2.24, 2.45) is 0 Å². The summed E-state index contributed by atoms with van der Waals surface area (Å²) in [5.41, 5.74) is 4.84. The molecule has 4 rings (SSSR count). The fourth-order valence-corrected chi connectivity index (χ4v) is 3.92. The van der Waals surface area contributed by atoms with Gasteiger partial charge in [0.1, 0.15) is 0 Å². The first-order valence-corrected chi connectivity index (χ1v) is 10.4. The largest absolute Gasteiger partial charge is 0.348 e. The lowest BCUT2D eigenvalue weighted by Crippen LogP contribution is -2.30. The average molecular weight is 445 g/mol. The van der Waals surface area contributed by atoms with Gasteiger partial charge < -0.3 is 10.6 Å². The van der Waals surface area contributed by atoms with Crippen molar-refractivity contribution < 1.29 is 4.79 Å². The van der Waals surface area contributed by atoms with Crippen LogP contribution in [0.3, 0.4) is 0 Å². The van der Waals surface area contributed by atoms with Crippen molar-refractivity contribution in [1.82, 2.24) is 20.4 Å². The van der Waals surface area contributed by atoms with Gasteiger partial charge in [-0.15, -0.1) is 12.4 Å². The SMILES string of the molecule is Cc1ccc(CNC(=O)c2cnn(-c3ccc(Cl)cc3)c2C2CCNCC2)cc1.Cl. The van der Waals surface area contributed by atoms with Crippen molar-refractivity contribution in [3.63, 3.8) is 0 Å². The van der Waals surface area contributed by atoms with Crippen LogP contribution in [0.25, 0.3) is 5.69 Å². The third-order valence-corrected chi connectivity index (χ3v) is 5.67. The van der Waals surface area contributed by atoms with Gasteiger partial charge in [-0.3, -0.25) is 4.79 Å². The summed E-state index contributed by atoms with van der Waals surface area (Å²) < 4.78 is 1.90. The summed E-state index contributed by atoms with van der Waals surface area (Å²) in [6.45, 7) is 4.44. The van der Waals surface area contributed by atoms with E-state index in [0.717, 1.165) is 42.9 Å². The molecule has 0 atom stereocenters. The number of hydrogen-bond donors (Lipinski definition) is 2. The number of carbonyl (C=O) groups excluding carboxylic acids is 1. The molecule has 2 N–H and O–H groups in total. The number of aryl methyl sites for hydroxylation is 1. The van der Waals surface area contributed by atoms with Crippen LogP contribution >= 0.6 is 24.0 Å². The molecule has 0 radical (unpaired) electrons. The fraction of sp³-hybridized carbons (Fsp3) is 0.304. The zero-order chi connectivity index (χ0) is 20.2. The third kappa shape index (κ3) is 5.04. The molecule has 0 aliphatic carbocycles. The van der Waals surface area contributed by atoms with Crippen molar-refractivity contribution >= 4 is 29.9 Å². The van der Waals surface area contributed by atoms with Crippen molar-refractivity contribution in [3.05, 3.63) is 82.1 Å². The Morgan fingerprint density at radius 1 is 1.13 bits per heavy atom. The number of amides is 1. The van der Waals surface area contributed by atoms with E-state index in [1.807, 2.05) is 41.1 Å². The summed E-state index contributed by atoms with van der Waals surface area (Å²) in [4.78, 5) is 13.0. The highest BCUT2D eigenvalue weighted by Gasteiger charge is 2.26. The molecule has 1 aliphatic heterocycles. The molecular formula is C23H26Cl2N4O. The third-order valence-electron chi connectivity index (χ3n) is 5.42. The van der Waals surface area contributed by atoms with Gasteiger partial charge in [-0.25, -0.2) is 4.68 Å². The predicted molar refractivity (Wildman–Crippen MR) is 123 cm³/mol.